The maximum atomic E-state index is 13.1. The van der Waals surface area contributed by atoms with Crippen molar-refractivity contribution in [3.63, 3.8) is 0 Å². The van der Waals surface area contributed by atoms with Gasteiger partial charge >= 0.3 is 0 Å². The first-order chi connectivity index (χ1) is 10.5. The summed E-state index contributed by atoms with van der Waals surface area (Å²) in [5.41, 5.74) is 1.91. The van der Waals surface area contributed by atoms with Gasteiger partial charge in [-0.15, -0.1) is 0 Å². The summed E-state index contributed by atoms with van der Waals surface area (Å²) in [5, 5.41) is 10.5. The molecule has 2 aromatic heterocycles. The lowest BCUT2D eigenvalue weighted by molar-refractivity contribution is 0.102. The predicted molar refractivity (Wildman–Crippen MR) is 77.8 cm³/mol. The predicted octanol–water partition coefficient (Wildman–Crippen LogP) is 2.77. The Hall–Kier alpha value is -2.96. The van der Waals surface area contributed by atoms with Crippen molar-refractivity contribution in [3.8, 4) is 11.3 Å². The average Bonchev–Trinajstić information content (AvgIpc) is 3.10. The lowest BCUT2D eigenvalue weighted by atomic mass is 10.1. The first-order valence-electron chi connectivity index (χ1n) is 6.57. The lowest BCUT2D eigenvalue weighted by Crippen LogP contribution is -2.14. The van der Waals surface area contributed by atoms with Gasteiger partial charge in [-0.1, -0.05) is 5.16 Å². The lowest BCUT2D eigenvalue weighted by Gasteiger charge is -2.07. The fourth-order valence-electron chi connectivity index (χ4n) is 2.14. The number of carbonyl (C=O) groups excluding carboxylic acids is 1. The quantitative estimate of drug-likeness (QED) is 0.807. The molecular weight excluding hydrogens is 287 g/mol. The van der Waals surface area contributed by atoms with Crippen molar-refractivity contribution in [2.45, 2.75) is 6.92 Å². The molecule has 1 N–H and O–H groups in total. The fourth-order valence-corrected chi connectivity index (χ4v) is 2.14. The summed E-state index contributed by atoms with van der Waals surface area (Å²) in [6, 6.07) is 5.81. The van der Waals surface area contributed by atoms with Gasteiger partial charge in [-0.3, -0.25) is 9.48 Å². The van der Waals surface area contributed by atoms with Crippen LogP contribution in [-0.2, 0) is 7.05 Å². The molecule has 1 aromatic carbocycles. The molecule has 0 aliphatic rings. The fraction of sp³-hybridized carbons (Fsp3) is 0.133. The van der Waals surface area contributed by atoms with Crippen LogP contribution in [-0.4, -0.2) is 20.8 Å². The van der Waals surface area contributed by atoms with E-state index in [1.807, 2.05) is 0 Å². The number of aromatic nitrogens is 3. The van der Waals surface area contributed by atoms with Gasteiger partial charge in [-0.25, -0.2) is 4.39 Å². The van der Waals surface area contributed by atoms with Crippen LogP contribution in [0.2, 0.25) is 0 Å². The average molecular weight is 300 g/mol. The molecule has 0 bridgehead atoms. The van der Waals surface area contributed by atoms with Crippen molar-refractivity contribution in [2.24, 2.45) is 7.05 Å². The molecule has 0 fully saturated rings. The second kappa shape index (κ2) is 5.44. The molecule has 7 heteroatoms. The van der Waals surface area contributed by atoms with E-state index in [0.717, 1.165) is 0 Å². The van der Waals surface area contributed by atoms with Crippen LogP contribution in [0.3, 0.4) is 0 Å². The van der Waals surface area contributed by atoms with Crippen molar-refractivity contribution >= 4 is 11.6 Å². The molecule has 0 atom stereocenters. The normalized spacial score (nSPS) is 10.7. The van der Waals surface area contributed by atoms with E-state index >= 15 is 0 Å². The van der Waals surface area contributed by atoms with Gasteiger partial charge in [0.15, 0.2) is 11.5 Å². The minimum atomic E-state index is -0.401. The highest BCUT2D eigenvalue weighted by Gasteiger charge is 2.20. The zero-order chi connectivity index (χ0) is 15.7. The number of hydrogen-bond acceptors (Lipinski definition) is 4. The Bertz CT molecular complexity index is 824. The van der Waals surface area contributed by atoms with Crippen molar-refractivity contribution in [1.29, 1.82) is 0 Å². The van der Waals surface area contributed by atoms with E-state index in [1.165, 1.54) is 29.1 Å². The number of nitrogens with zero attached hydrogens (tertiary/aromatic N) is 3. The molecule has 22 heavy (non-hydrogen) atoms. The Morgan fingerprint density at radius 2 is 2.18 bits per heavy atom. The van der Waals surface area contributed by atoms with Crippen molar-refractivity contribution in [3.05, 3.63) is 53.7 Å². The van der Waals surface area contributed by atoms with Crippen LogP contribution < -0.4 is 5.32 Å². The van der Waals surface area contributed by atoms with E-state index in [2.05, 4.69) is 15.6 Å². The molecule has 0 radical (unpaired) electrons. The molecule has 1 amide bonds. The second-order valence-electron chi connectivity index (χ2n) is 4.86. The first-order valence-corrected chi connectivity index (χ1v) is 6.57. The number of benzene rings is 1. The molecular formula is C15H13FN4O2. The number of halogens is 1. The Kier molecular flexibility index (Phi) is 3.46. The third kappa shape index (κ3) is 2.60. The maximum Gasteiger partial charge on any atom is 0.276 e. The highest BCUT2D eigenvalue weighted by molar-refractivity contribution is 6.07. The third-order valence-electron chi connectivity index (χ3n) is 3.18. The molecule has 6 nitrogen and oxygen atoms in total. The Morgan fingerprint density at radius 3 is 2.86 bits per heavy atom. The largest absolute Gasteiger partial charge is 0.356 e. The molecule has 3 rings (SSSR count). The molecule has 112 valence electrons. The van der Waals surface area contributed by atoms with Gasteiger partial charge in [0.2, 0.25) is 0 Å². The van der Waals surface area contributed by atoms with E-state index in [0.29, 0.717) is 22.6 Å². The molecule has 0 saturated heterocycles. The van der Waals surface area contributed by atoms with E-state index < -0.39 is 5.91 Å². The van der Waals surface area contributed by atoms with Crippen LogP contribution in [0.4, 0.5) is 10.1 Å². The van der Waals surface area contributed by atoms with Gasteiger partial charge in [0.25, 0.3) is 5.91 Å². The molecule has 2 heterocycles. The monoisotopic (exact) mass is 300 g/mol. The Morgan fingerprint density at radius 1 is 1.36 bits per heavy atom. The van der Waals surface area contributed by atoms with Crippen molar-refractivity contribution in [1.82, 2.24) is 14.9 Å². The summed E-state index contributed by atoms with van der Waals surface area (Å²) < 4.78 is 19.7. The van der Waals surface area contributed by atoms with Crippen LogP contribution in [0.25, 0.3) is 11.3 Å². The van der Waals surface area contributed by atoms with E-state index in [-0.39, 0.29) is 11.5 Å². The zero-order valence-corrected chi connectivity index (χ0v) is 12.0. The van der Waals surface area contributed by atoms with Crippen molar-refractivity contribution in [2.75, 3.05) is 5.32 Å². The van der Waals surface area contributed by atoms with Crippen LogP contribution in [0.1, 0.15) is 16.1 Å². The topological polar surface area (TPSA) is 73.0 Å². The van der Waals surface area contributed by atoms with Crippen LogP contribution in [0.15, 0.2) is 41.2 Å². The second-order valence-corrected chi connectivity index (χ2v) is 4.86. The third-order valence-corrected chi connectivity index (χ3v) is 3.18. The standard InChI is InChI=1S/C15H13FN4O2/c1-9-7-10(16)3-4-12(9)18-15(21)14-11(8-20(2)19-14)13-5-6-17-22-13/h3-8H,1-2H3,(H,18,21). The summed E-state index contributed by atoms with van der Waals surface area (Å²) >= 11 is 0. The highest BCUT2D eigenvalue weighted by atomic mass is 19.1. The molecule has 0 aliphatic carbocycles. The Balaban J connectivity index is 1.93. The van der Waals surface area contributed by atoms with E-state index in [1.54, 1.807) is 26.2 Å². The maximum absolute atomic E-state index is 13.1. The summed E-state index contributed by atoms with van der Waals surface area (Å²) in [6.07, 6.45) is 3.17. The molecule has 0 spiro atoms. The number of amides is 1. The number of aryl methyl sites for hydroxylation is 2. The molecule has 0 aliphatic heterocycles. The molecule has 3 aromatic rings. The van der Waals surface area contributed by atoms with Gasteiger partial charge in [-0.05, 0) is 30.7 Å². The van der Waals surface area contributed by atoms with Gasteiger partial charge in [0.1, 0.15) is 5.82 Å². The van der Waals surface area contributed by atoms with Crippen LogP contribution in [0.5, 0.6) is 0 Å². The molecule has 0 unspecified atom stereocenters. The summed E-state index contributed by atoms with van der Waals surface area (Å²) in [5.74, 6) is -0.300. The number of carbonyl (C=O) groups is 1. The zero-order valence-electron chi connectivity index (χ0n) is 12.0. The van der Waals surface area contributed by atoms with E-state index in [9.17, 15) is 9.18 Å². The number of hydrogen-bond donors (Lipinski definition) is 1. The highest BCUT2D eigenvalue weighted by Crippen LogP contribution is 2.24. The summed E-state index contributed by atoms with van der Waals surface area (Å²) in [7, 11) is 1.71. The number of rotatable bonds is 3. The van der Waals surface area contributed by atoms with Gasteiger partial charge in [-0.2, -0.15) is 5.10 Å². The number of anilines is 1. The first kappa shape index (κ1) is 14.0. The smallest absolute Gasteiger partial charge is 0.276 e. The molecule has 0 saturated carbocycles. The number of nitrogens with one attached hydrogen (secondary N) is 1. The van der Waals surface area contributed by atoms with E-state index in [4.69, 9.17) is 4.52 Å². The van der Waals surface area contributed by atoms with Gasteiger partial charge in [0, 0.05) is 25.0 Å². The van der Waals surface area contributed by atoms with Crippen LogP contribution >= 0.6 is 0 Å². The van der Waals surface area contributed by atoms with Crippen molar-refractivity contribution < 1.29 is 13.7 Å². The minimum Gasteiger partial charge on any atom is -0.356 e. The Labute approximate surface area is 125 Å². The minimum absolute atomic E-state index is 0.211. The SMILES string of the molecule is Cc1cc(F)ccc1NC(=O)c1nn(C)cc1-c1ccno1. The summed E-state index contributed by atoms with van der Waals surface area (Å²) in [4.78, 5) is 12.4. The van der Waals surface area contributed by atoms with Crippen LogP contribution in [0, 0.1) is 12.7 Å². The van der Waals surface area contributed by atoms with Gasteiger partial charge in [0.05, 0.1) is 11.8 Å². The van der Waals surface area contributed by atoms with Gasteiger partial charge < -0.3 is 9.84 Å². The summed E-state index contributed by atoms with van der Waals surface area (Å²) in [6.45, 7) is 1.72.